The van der Waals surface area contributed by atoms with Crippen LogP contribution in [0.3, 0.4) is 0 Å². The first-order valence-electron chi connectivity index (χ1n) is 7.68. The molecule has 0 radical (unpaired) electrons. The van der Waals surface area contributed by atoms with Crippen LogP contribution in [0, 0.1) is 5.92 Å². The lowest BCUT2D eigenvalue weighted by Crippen LogP contribution is -2.56. The Morgan fingerprint density at radius 3 is 2.30 bits per heavy atom. The van der Waals surface area contributed by atoms with Crippen molar-refractivity contribution in [3.05, 3.63) is 0 Å². The van der Waals surface area contributed by atoms with Gasteiger partial charge in [-0.25, -0.2) is 4.79 Å². The maximum Gasteiger partial charge on any atom is 0.329 e. The molecule has 5 heteroatoms. The van der Waals surface area contributed by atoms with E-state index in [1.165, 1.54) is 0 Å². The van der Waals surface area contributed by atoms with Gasteiger partial charge in [-0.15, -0.1) is 0 Å². The number of rotatable bonds is 7. The molecule has 5 nitrogen and oxygen atoms in total. The minimum absolute atomic E-state index is 0.140. The summed E-state index contributed by atoms with van der Waals surface area (Å²) < 4.78 is 0. The predicted molar refractivity (Wildman–Crippen MR) is 78.3 cm³/mol. The summed E-state index contributed by atoms with van der Waals surface area (Å²) in [4.78, 5) is 23.7. The third-order valence-electron chi connectivity index (χ3n) is 4.22. The Bertz CT molecular complexity index is 336. The van der Waals surface area contributed by atoms with Crippen LogP contribution in [0.1, 0.15) is 65.2 Å². The molecule has 0 spiro atoms. The highest BCUT2D eigenvalue weighted by molar-refractivity contribution is 5.88. The summed E-state index contributed by atoms with van der Waals surface area (Å²) in [5, 5.41) is 12.2. The fourth-order valence-electron chi connectivity index (χ4n) is 2.78. The van der Waals surface area contributed by atoms with E-state index in [1.54, 1.807) is 0 Å². The molecule has 2 atom stereocenters. The van der Waals surface area contributed by atoms with Crippen molar-refractivity contribution < 1.29 is 14.7 Å². The first-order chi connectivity index (χ1) is 9.37. The quantitative estimate of drug-likeness (QED) is 0.667. The van der Waals surface area contributed by atoms with Gasteiger partial charge in [-0.3, -0.25) is 4.79 Å². The molecule has 0 bridgehead atoms. The summed E-state index contributed by atoms with van der Waals surface area (Å²) in [6, 6.07) is 0.147. The molecule has 1 aliphatic rings. The van der Waals surface area contributed by atoms with Crippen LogP contribution in [-0.2, 0) is 9.59 Å². The Labute approximate surface area is 121 Å². The van der Waals surface area contributed by atoms with Gasteiger partial charge in [-0.05, 0) is 32.6 Å². The fraction of sp³-hybridized carbons (Fsp3) is 0.867. The van der Waals surface area contributed by atoms with Gasteiger partial charge in [0.05, 0.1) is 0 Å². The van der Waals surface area contributed by atoms with Crippen LogP contribution in [0.4, 0.5) is 0 Å². The molecule has 1 rings (SSSR count). The van der Waals surface area contributed by atoms with Crippen molar-refractivity contribution in [1.82, 2.24) is 5.32 Å². The Balaban J connectivity index is 2.51. The molecule has 1 saturated carbocycles. The van der Waals surface area contributed by atoms with Crippen LogP contribution < -0.4 is 11.1 Å². The number of hydrogen-bond donors (Lipinski definition) is 3. The summed E-state index contributed by atoms with van der Waals surface area (Å²) >= 11 is 0. The second-order valence-corrected chi connectivity index (χ2v) is 6.25. The van der Waals surface area contributed by atoms with Crippen LogP contribution in [0.5, 0.6) is 0 Å². The number of nitrogens with two attached hydrogens (primary N) is 1. The van der Waals surface area contributed by atoms with E-state index >= 15 is 0 Å². The van der Waals surface area contributed by atoms with Crippen molar-refractivity contribution in [2.75, 3.05) is 0 Å². The number of nitrogens with one attached hydrogen (secondary N) is 1. The highest BCUT2D eigenvalue weighted by atomic mass is 16.4. The van der Waals surface area contributed by atoms with Gasteiger partial charge in [0.1, 0.15) is 5.54 Å². The Hall–Kier alpha value is -1.10. The zero-order valence-corrected chi connectivity index (χ0v) is 12.7. The second-order valence-electron chi connectivity index (χ2n) is 6.25. The first kappa shape index (κ1) is 17.0. The van der Waals surface area contributed by atoms with Crippen molar-refractivity contribution >= 4 is 11.9 Å². The summed E-state index contributed by atoms with van der Waals surface area (Å²) in [7, 11) is 0. The molecule has 2 unspecified atom stereocenters. The van der Waals surface area contributed by atoms with Gasteiger partial charge in [0, 0.05) is 12.0 Å². The third-order valence-corrected chi connectivity index (χ3v) is 4.22. The van der Waals surface area contributed by atoms with Crippen molar-refractivity contribution in [1.29, 1.82) is 0 Å². The summed E-state index contributed by atoms with van der Waals surface area (Å²) in [6.07, 6.45) is 6.41. The molecule has 0 aromatic heterocycles. The summed E-state index contributed by atoms with van der Waals surface area (Å²) in [5.41, 5.74) is 4.65. The van der Waals surface area contributed by atoms with Crippen molar-refractivity contribution in [3.63, 3.8) is 0 Å². The minimum atomic E-state index is -1.04. The lowest BCUT2D eigenvalue weighted by atomic mass is 9.81. The Morgan fingerprint density at radius 2 is 1.80 bits per heavy atom. The van der Waals surface area contributed by atoms with E-state index in [9.17, 15) is 14.7 Å². The Kier molecular flexibility index (Phi) is 6.46. The molecule has 0 aromatic rings. The highest BCUT2D eigenvalue weighted by Crippen LogP contribution is 2.29. The van der Waals surface area contributed by atoms with Gasteiger partial charge < -0.3 is 16.2 Å². The summed E-state index contributed by atoms with van der Waals surface area (Å²) in [5.74, 6) is -1.20. The molecule has 20 heavy (non-hydrogen) atoms. The number of carbonyl (C=O) groups is 2. The standard InChI is InChI=1S/C15H28N2O3/c1-11(7-6-8-12(2)16)13(18)17-15(14(19)20)9-4-3-5-10-15/h11-12H,3-10,16H2,1-2H3,(H,17,18)(H,19,20). The van der Waals surface area contributed by atoms with E-state index in [1.807, 2.05) is 13.8 Å². The van der Waals surface area contributed by atoms with Gasteiger partial charge in [0.15, 0.2) is 0 Å². The molecule has 0 aromatic carbocycles. The SMILES string of the molecule is CC(N)CCCC(C)C(=O)NC1(C(=O)O)CCCCC1. The lowest BCUT2D eigenvalue weighted by molar-refractivity contribution is -0.150. The fourth-order valence-corrected chi connectivity index (χ4v) is 2.78. The third kappa shape index (κ3) is 4.78. The predicted octanol–water partition coefficient (Wildman–Crippen LogP) is 2.04. The largest absolute Gasteiger partial charge is 0.480 e. The summed E-state index contributed by atoms with van der Waals surface area (Å²) in [6.45, 7) is 3.81. The average molecular weight is 284 g/mol. The first-order valence-corrected chi connectivity index (χ1v) is 7.68. The highest BCUT2D eigenvalue weighted by Gasteiger charge is 2.41. The lowest BCUT2D eigenvalue weighted by Gasteiger charge is -2.34. The van der Waals surface area contributed by atoms with Gasteiger partial charge >= 0.3 is 5.97 Å². The van der Waals surface area contributed by atoms with Gasteiger partial charge in [-0.1, -0.05) is 32.6 Å². The molecular formula is C15H28N2O3. The van der Waals surface area contributed by atoms with Crippen LogP contribution >= 0.6 is 0 Å². The zero-order chi connectivity index (χ0) is 15.2. The van der Waals surface area contributed by atoms with E-state index in [2.05, 4.69) is 5.32 Å². The van der Waals surface area contributed by atoms with Gasteiger partial charge in [0.2, 0.25) is 5.91 Å². The molecule has 0 saturated heterocycles. The second kappa shape index (κ2) is 7.62. The van der Waals surface area contributed by atoms with Crippen LogP contribution in [0.2, 0.25) is 0 Å². The molecular weight excluding hydrogens is 256 g/mol. The Morgan fingerprint density at radius 1 is 1.20 bits per heavy atom. The van der Waals surface area contributed by atoms with Crippen LogP contribution in [-0.4, -0.2) is 28.6 Å². The smallest absolute Gasteiger partial charge is 0.329 e. The van der Waals surface area contributed by atoms with Crippen molar-refractivity contribution in [3.8, 4) is 0 Å². The molecule has 0 aliphatic heterocycles. The number of carboxylic acid groups (broad SMARTS) is 1. The number of carbonyl (C=O) groups excluding carboxylic acids is 1. The van der Waals surface area contributed by atoms with E-state index in [-0.39, 0.29) is 17.9 Å². The van der Waals surface area contributed by atoms with Crippen LogP contribution in [0.25, 0.3) is 0 Å². The van der Waals surface area contributed by atoms with Gasteiger partial charge in [0.25, 0.3) is 0 Å². The number of carboxylic acids is 1. The molecule has 1 aliphatic carbocycles. The normalized spacial score (nSPS) is 20.9. The van der Waals surface area contributed by atoms with Crippen LogP contribution in [0.15, 0.2) is 0 Å². The molecule has 1 fully saturated rings. The molecule has 4 N–H and O–H groups in total. The van der Waals surface area contributed by atoms with Crippen molar-refractivity contribution in [2.24, 2.45) is 11.7 Å². The van der Waals surface area contributed by atoms with Gasteiger partial charge in [-0.2, -0.15) is 0 Å². The van der Waals surface area contributed by atoms with E-state index < -0.39 is 11.5 Å². The number of aliphatic carboxylic acids is 1. The van der Waals surface area contributed by atoms with E-state index in [0.717, 1.165) is 38.5 Å². The van der Waals surface area contributed by atoms with E-state index in [4.69, 9.17) is 5.73 Å². The monoisotopic (exact) mass is 284 g/mol. The zero-order valence-electron chi connectivity index (χ0n) is 12.7. The maximum absolute atomic E-state index is 12.2. The average Bonchev–Trinajstić information content (AvgIpc) is 2.39. The maximum atomic E-state index is 12.2. The topological polar surface area (TPSA) is 92.4 Å². The number of hydrogen-bond acceptors (Lipinski definition) is 3. The minimum Gasteiger partial charge on any atom is -0.480 e. The molecule has 0 heterocycles. The van der Waals surface area contributed by atoms with Crippen molar-refractivity contribution in [2.45, 2.75) is 76.8 Å². The molecule has 1 amide bonds. The molecule has 116 valence electrons. The number of amides is 1. The van der Waals surface area contributed by atoms with E-state index in [0.29, 0.717) is 12.8 Å².